The second kappa shape index (κ2) is 3.12. The van der Waals surface area contributed by atoms with Crippen molar-refractivity contribution in [1.29, 1.82) is 0 Å². The Morgan fingerprint density at radius 3 is 3.00 bits per heavy atom. The van der Waals surface area contributed by atoms with Crippen LogP contribution in [0.4, 0.5) is 0 Å². The van der Waals surface area contributed by atoms with E-state index in [4.69, 9.17) is 11.6 Å². The minimum Gasteiger partial charge on any atom is -0.305 e. The Hall–Kier alpha value is -0.870. The van der Waals surface area contributed by atoms with Crippen molar-refractivity contribution in [2.45, 2.75) is 0 Å². The SMILES string of the molecule is O=C(Cl)c1cn2cccc(Br)c2n1. The highest BCUT2D eigenvalue weighted by atomic mass is 79.9. The zero-order valence-electron chi connectivity index (χ0n) is 6.37. The van der Waals surface area contributed by atoms with Crippen LogP contribution >= 0.6 is 27.5 Å². The average molecular weight is 259 g/mol. The molecule has 0 unspecified atom stereocenters. The van der Waals surface area contributed by atoms with Gasteiger partial charge < -0.3 is 4.40 Å². The molecular weight excluding hydrogens is 255 g/mol. The zero-order chi connectivity index (χ0) is 9.42. The molecule has 0 fully saturated rings. The largest absolute Gasteiger partial charge is 0.305 e. The third kappa shape index (κ3) is 1.47. The molecule has 0 aliphatic heterocycles. The third-order valence-corrected chi connectivity index (χ3v) is 2.45. The molecule has 0 amide bonds. The van der Waals surface area contributed by atoms with Gasteiger partial charge >= 0.3 is 0 Å². The van der Waals surface area contributed by atoms with Crippen LogP contribution in [0.25, 0.3) is 5.65 Å². The molecule has 13 heavy (non-hydrogen) atoms. The van der Waals surface area contributed by atoms with E-state index in [2.05, 4.69) is 20.9 Å². The van der Waals surface area contributed by atoms with Gasteiger partial charge in [0.25, 0.3) is 5.24 Å². The molecule has 0 spiro atoms. The van der Waals surface area contributed by atoms with E-state index in [-0.39, 0.29) is 5.69 Å². The maximum Gasteiger partial charge on any atom is 0.272 e. The highest BCUT2D eigenvalue weighted by Crippen LogP contribution is 2.17. The van der Waals surface area contributed by atoms with Crippen molar-refractivity contribution in [2.24, 2.45) is 0 Å². The number of pyridine rings is 1. The molecule has 0 N–H and O–H groups in total. The predicted molar refractivity (Wildman–Crippen MR) is 53.1 cm³/mol. The van der Waals surface area contributed by atoms with E-state index in [1.54, 1.807) is 16.8 Å². The maximum atomic E-state index is 10.8. The number of fused-ring (bicyclic) bond motifs is 1. The standard InChI is InChI=1S/C8H4BrClN2O/c9-5-2-1-3-12-4-6(7(10)13)11-8(5)12/h1-4H. The van der Waals surface area contributed by atoms with Gasteiger partial charge in [0.05, 0.1) is 4.47 Å². The summed E-state index contributed by atoms with van der Waals surface area (Å²) in [7, 11) is 0. The predicted octanol–water partition coefficient (Wildman–Crippen LogP) is 2.48. The van der Waals surface area contributed by atoms with Gasteiger partial charge in [-0.25, -0.2) is 4.98 Å². The van der Waals surface area contributed by atoms with Crippen LogP contribution in [-0.4, -0.2) is 14.6 Å². The van der Waals surface area contributed by atoms with Gasteiger partial charge in [0.1, 0.15) is 5.69 Å². The van der Waals surface area contributed by atoms with Crippen molar-refractivity contribution in [2.75, 3.05) is 0 Å². The van der Waals surface area contributed by atoms with Gasteiger partial charge in [-0.2, -0.15) is 0 Å². The van der Waals surface area contributed by atoms with E-state index in [0.717, 1.165) is 4.47 Å². The number of nitrogens with zero attached hydrogens (tertiary/aromatic N) is 2. The molecule has 3 nitrogen and oxygen atoms in total. The molecule has 0 aromatic carbocycles. The highest BCUT2D eigenvalue weighted by molar-refractivity contribution is 9.10. The molecule has 2 aromatic rings. The Morgan fingerprint density at radius 1 is 1.62 bits per heavy atom. The van der Waals surface area contributed by atoms with E-state index in [1.165, 1.54) is 0 Å². The summed E-state index contributed by atoms with van der Waals surface area (Å²) in [5, 5.41) is -0.546. The molecule has 0 radical (unpaired) electrons. The second-order valence-corrected chi connectivity index (χ2v) is 3.68. The second-order valence-electron chi connectivity index (χ2n) is 2.49. The van der Waals surface area contributed by atoms with Crippen molar-refractivity contribution < 1.29 is 4.79 Å². The normalized spacial score (nSPS) is 10.6. The summed E-state index contributed by atoms with van der Waals surface area (Å²) >= 11 is 8.62. The average Bonchev–Trinajstić information content (AvgIpc) is 2.49. The van der Waals surface area contributed by atoms with Crippen LogP contribution in [0.5, 0.6) is 0 Å². The van der Waals surface area contributed by atoms with Gasteiger partial charge in [0.15, 0.2) is 5.65 Å². The molecule has 0 saturated carbocycles. The number of hydrogen-bond donors (Lipinski definition) is 0. The Morgan fingerprint density at radius 2 is 2.38 bits per heavy atom. The fourth-order valence-electron chi connectivity index (χ4n) is 1.07. The minimum atomic E-state index is -0.546. The Kier molecular flexibility index (Phi) is 2.09. The molecule has 2 aromatic heterocycles. The highest BCUT2D eigenvalue weighted by Gasteiger charge is 2.08. The Labute approximate surface area is 87.5 Å². The van der Waals surface area contributed by atoms with Crippen LogP contribution in [-0.2, 0) is 0 Å². The summed E-state index contributed by atoms with van der Waals surface area (Å²) in [4.78, 5) is 14.8. The Balaban J connectivity index is 2.75. The fourth-order valence-corrected chi connectivity index (χ4v) is 1.61. The van der Waals surface area contributed by atoms with Gasteiger partial charge in [-0.1, -0.05) is 0 Å². The summed E-state index contributed by atoms with van der Waals surface area (Å²) in [6.45, 7) is 0. The number of rotatable bonds is 1. The number of carbonyl (C=O) groups is 1. The van der Waals surface area contributed by atoms with Gasteiger partial charge in [0.2, 0.25) is 0 Å². The summed E-state index contributed by atoms with van der Waals surface area (Å²) in [6.07, 6.45) is 3.39. The van der Waals surface area contributed by atoms with E-state index >= 15 is 0 Å². The van der Waals surface area contributed by atoms with E-state index < -0.39 is 5.24 Å². The molecule has 2 heterocycles. The molecule has 0 aliphatic rings. The third-order valence-electron chi connectivity index (χ3n) is 1.64. The fraction of sp³-hybridized carbons (Fsp3) is 0. The molecule has 0 bridgehead atoms. The van der Waals surface area contributed by atoms with Crippen LogP contribution in [0.3, 0.4) is 0 Å². The van der Waals surface area contributed by atoms with Crippen LogP contribution < -0.4 is 0 Å². The summed E-state index contributed by atoms with van der Waals surface area (Å²) in [6, 6.07) is 3.70. The number of carbonyl (C=O) groups excluding carboxylic acids is 1. The van der Waals surface area contributed by atoms with Crippen molar-refractivity contribution in [1.82, 2.24) is 9.38 Å². The van der Waals surface area contributed by atoms with E-state index in [9.17, 15) is 4.79 Å². The Bertz CT molecular complexity index is 480. The summed E-state index contributed by atoms with van der Waals surface area (Å²) < 4.78 is 2.57. The number of halogens is 2. The molecule has 2 rings (SSSR count). The van der Waals surface area contributed by atoms with Gasteiger partial charge in [-0.15, -0.1) is 0 Å². The van der Waals surface area contributed by atoms with Crippen LogP contribution in [0.15, 0.2) is 29.0 Å². The van der Waals surface area contributed by atoms with Gasteiger partial charge in [0, 0.05) is 12.4 Å². The maximum absolute atomic E-state index is 10.8. The van der Waals surface area contributed by atoms with Gasteiger partial charge in [-0.05, 0) is 39.7 Å². The first-order chi connectivity index (χ1) is 6.18. The monoisotopic (exact) mass is 258 g/mol. The first-order valence-electron chi connectivity index (χ1n) is 3.51. The molecule has 5 heteroatoms. The van der Waals surface area contributed by atoms with Crippen molar-refractivity contribution >= 4 is 38.4 Å². The van der Waals surface area contributed by atoms with Crippen LogP contribution in [0.1, 0.15) is 10.5 Å². The number of imidazole rings is 1. The molecule has 0 aliphatic carbocycles. The van der Waals surface area contributed by atoms with Crippen LogP contribution in [0, 0.1) is 0 Å². The topological polar surface area (TPSA) is 34.4 Å². The van der Waals surface area contributed by atoms with E-state index in [0.29, 0.717) is 5.65 Å². The first kappa shape index (κ1) is 8.72. The van der Waals surface area contributed by atoms with Crippen molar-refractivity contribution in [3.8, 4) is 0 Å². The number of hydrogen-bond acceptors (Lipinski definition) is 2. The molecule has 0 atom stereocenters. The summed E-state index contributed by atoms with van der Waals surface area (Å²) in [5.41, 5.74) is 0.945. The number of aromatic nitrogens is 2. The van der Waals surface area contributed by atoms with Crippen LogP contribution in [0.2, 0.25) is 0 Å². The zero-order valence-corrected chi connectivity index (χ0v) is 8.71. The quantitative estimate of drug-likeness (QED) is 0.737. The van der Waals surface area contributed by atoms with Crippen molar-refractivity contribution in [3.63, 3.8) is 0 Å². The minimum absolute atomic E-state index is 0.258. The lowest BCUT2D eigenvalue weighted by Gasteiger charge is -1.92. The lowest BCUT2D eigenvalue weighted by atomic mass is 10.5. The van der Waals surface area contributed by atoms with Crippen molar-refractivity contribution in [3.05, 3.63) is 34.7 Å². The molecule has 66 valence electrons. The molecule has 0 saturated heterocycles. The lowest BCUT2D eigenvalue weighted by molar-refractivity contribution is 0.107. The van der Waals surface area contributed by atoms with E-state index in [1.807, 2.05) is 12.1 Å². The first-order valence-corrected chi connectivity index (χ1v) is 4.68. The molecular formula is C8H4BrClN2O. The van der Waals surface area contributed by atoms with Gasteiger partial charge in [-0.3, -0.25) is 4.79 Å². The summed E-state index contributed by atoms with van der Waals surface area (Å²) in [5.74, 6) is 0. The lowest BCUT2D eigenvalue weighted by Crippen LogP contribution is -1.86. The smallest absolute Gasteiger partial charge is 0.272 e.